The van der Waals surface area contributed by atoms with Crippen molar-refractivity contribution in [2.75, 3.05) is 5.32 Å². The Balaban J connectivity index is 1.30. The molecule has 3 amide bonds. The number of nitrogens with zero attached hydrogens (tertiary/aromatic N) is 4. The van der Waals surface area contributed by atoms with Crippen molar-refractivity contribution >= 4 is 50.4 Å². The van der Waals surface area contributed by atoms with Gasteiger partial charge in [-0.25, -0.2) is 4.98 Å². The highest BCUT2D eigenvalue weighted by Crippen LogP contribution is 2.59. The number of ether oxygens (including phenoxy) is 1. The highest BCUT2D eigenvalue weighted by molar-refractivity contribution is 9.10. The van der Waals surface area contributed by atoms with E-state index in [0.717, 1.165) is 23.1 Å². The van der Waals surface area contributed by atoms with E-state index in [9.17, 15) is 14.4 Å². The maximum Gasteiger partial charge on any atom is 0.269 e. The standard InChI is InChI=1S/C25H25BrN6O4/c1-12-3-4-19(26)28-23(12)29-24(35)17-7-25(2)8-18(25)32(17)20(33)9-31-16-6-14-11-36-10-13(14)5-15(16)21(30-31)22(27)34/h3-6,17-18H,7-11H2,1-2H3,(H2,27,34)(H,28,29,35)/t17-,18+,25-/m0/s1. The largest absolute Gasteiger partial charge is 0.372 e. The average molecular weight is 553 g/mol. The molecule has 0 spiro atoms. The van der Waals surface area contributed by atoms with Crippen LogP contribution < -0.4 is 11.1 Å². The fourth-order valence-corrected chi connectivity index (χ4v) is 5.86. The van der Waals surface area contributed by atoms with Gasteiger partial charge in [-0.15, -0.1) is 0 Å². The quantitative estimate of drug-likeness (QED) is 0.467. The van der Waals surface area contributed by atoms with E-state index in [1.807, 2.05) is 31.2 Å². The Morgan fingerprint density at radius 1 is 1.22 bits per heavy atom. The number of anilines is 1. The second-order valence-electron chi connectivity index (χ2n) is 10.2. The zero-order valence-electron chi connectivity index (χ0n) is 19.9. The Morgan fingerprint density at radius 2 is 1.97 bits per heavy atom. The molecule has 10 nitrogen and oxygen atoms in total. The molecule has 3 aliphatic rings. The third-order valence-electron chi connectivity index (χ3n) is 7.64. The van der Waals surface area contributed by atoms with Gasteiger partial charge in [0.1, 0.15) is 23.0 Å². The van der Waals surface area contributed by atoms with Crippen LogP contribution in [0.4, 0.5) is 5.82 Å². The number of carbonyl (C=O) groups excluding carboxylic acids is 3. The summed E-state index contributed by atoms with van der Waals surface area (Å²) in [6.45, 7) is 4.80. The van der Waals surface area contributed by atoms with Crippen LogP contribution in [-0.2, 0) is 34.1 Å². The number of aromatic nitrogens is 3. The van der Waals surface area contributed by atoms with E-state index in [-0.39, 0.29) is 35.5 Å². The van der Waals surface area contributed by atoms with Gasteiger partial charge in [-0.3, -0.25) is 19.1 Å². The summed E-state index contributed by atoms with van der Waals surface area (Å²) in [6, 6.07) is 6.82. The molecule has 11 heteroatoms. The van der Waals surface area contributed by atoms with Crippen molar-refractivity contribution < 1.29 is 19.1 Å². The fraction of sp³-hybridized carbons (Fsp3) is 0.400. The lowest BCUT2D eigenvalue weighted by molar-refractivity contribution is -0.138. The lowest BCUT2D eigenvalue weighted by Crippen LogP contribution is -2.47. The first-order valence-electron chi connectivity index (χ1n) is 11.8. The summed E-state index contributed by atoms with van der Waals surface area (Å²) >= 11 is 3.34. The van der Waals surface area contributed by atoms with E-state index >= 15 is 0 Å². The van der Waals surface area contributed by atoms with Crippen molar-refractivity contribution in [1.29, 1.82) is 0 Å². The monoisotopic (exact) mass is 552 g/mol. The number of hydrogen-bond acceptors (Lipinski definition) is 6. The normalized spacial score (nSPS) is 24.0. The molecule has 3 aromatic rings. The van der Waals surface area contributed by atoms with Crippen LogP contribution >= 0.6 is 15.9 Å². The summed E-state index contributed by atoms with van der Waals surface area (Å²) in [5.41, 5.74) is 9.09. The number of piperidine rings is 1. The summed E-state index contributed by atoms with van der Waals surface area (Å²) in [7, 11) is 0. The number of primary amides is 1. The minimum atomic E-state index is -0.657. The number of nitrogens with one attached hydrogen (secondary N) is 1. The fourth-order valence-electron chi connectivity index (χ4n) is 5.55. The van der Waals surface area contributed by atoms with Gasteiger partial charge in [-0.2, -0.15) is 5.10 Å². The van der Waals surface area contributed by atoms with E-state index in [2.05, 4.69) is 38.3 Å². The number of benzene rings is 1. The first-order valence-corrected chi connectivity index (χ1v) is 12.6. The van der Waals surface area contributed by atoms with E-state index in [1.165, 1.54) is 4.68 Å². The van der Waals surface area contributed by atoms with Crippen molar-refractivity contribution in [3.8, 4) is 0 Å². The summed E-state index contributed by atoms with van der Waals surface area (Å²) in [6.07, 6.45) is 1.44. The molecule has 0 bridgehead atoms. The van der Waals surface area contributed by atoms with E-state index in [0.29, 0.717) is 41.0 Å². The number of rotatable bonds is 5. The molecule has 4 heterocycles. The highest BCUT2D eigenvalue weighted by Gasteiger charge is 2.64. The van der Waals surface area contributed by atoms with Gasteiger partial charge in [0.15, 0.2) is 5.69 Å². The minimum Gasteiger partial charge on any atom is -0.372 e. The number of hydrogen-bond donors (Lipinski definition) is 2. The molecular formula is C25H25BrN6O4. The molecule has 1 aromatic carbocycles. The Hall–Kier alpha value is -3.31. The molecule has 3 N–H and O–H groups in total. The third-order valence-corrected chi connectivity index (χ3v) is 8.08. The predicted octanol–water partition coefficient (Wildman–Crippen LogP) is 2.65. The molecule has 0 unspecified atom stereocenters. The molecule has 1 saturated heterocycles. The zero-order chi connectivity index (χ0) is 25.4. The Kier molecular flexibility index (Phi) is 5.20. The number of fused-ring (bicyclic) bond motifs is 3. The van der Waals surface area contributed by atoms with E-state index in [4.69, 9.17) is 10.5 Å². The van der Waals surface area contributed by atoms with Crippen molar-refractivity contribution in [2.24, 2.45) is 11.1 Å². The number of carbonyl (C=O) groups is 3. The lowest BCUT2D eigenvalue weighted by Gasteiger charge is -2.27. The SMILES string of the molecule is Cc1ccc(Br)nc1NC(=O)[C@@H]1C[C@@]2(C)C[C@H]2N1C(=O)Cn1nc(C(N)=O)c2cc3c(cc21)COC3. The molecule has 186 valence electrons. The number of pyridine rings is 1. The van der Waals surface area contributed by atoms with Gasteiger partial charge in [0.05, 0.1) is 18.7 Å². The lowest BCUT2D eigenvalue weighted by atomic mass is 10.0. The molecule has 2 fully saturated rings. The van der Waals surface area contributed by atoms with Crippen LogP contribution in [0.2, 0.25) is 0 Å². The average Bonchev–Trinajstić information content (AvgIpc) is 3.15. The van der Waals surface area contributed by atoms with Crippen LogP contribution in [0.3, 0.4) is 0 Å². The Morgan fingerprint density at radius 3 is 2.72 bits per heavy atom. The first-order chi connectivity index (χ1) is 17.1. The summed E-state index contributed by atoms with van der Waals surface area (Å²) < 4.78 is 7.65. The van der Waals surface area contributed by atoms with Gasteiger partial charge in [0.25, 0.3) is 5.91 Å². The maximum atomic E-state index is 13.7. The zero-order valence-corrected chi connectivity index (χ0v) is 21.5. The second-order valence-corrected chi connectivity index (χ2v) is 11.0. The second kappa shape index (κ2) is 8.10. The maximum absolute atomic E-state index is 13.7. The molecule has 0 radical (unpaired) electrons. The molecule has 6 rings (SSSR count). The van der Waals surface area contributed by atoms with Crippen LogP contribution in [0, 0.1) is 12.3 Å². The van der Waals surface area contributed by atoms with Gasteiger partial charge in [0.2, 0.25) is 11.8 Å². The van der Waals surface area contributed by atoms with Crippen molar-refractivity contribution in [1.82, 2.24) is 19.7 Å². The Labute approximate surface area is 215 Å². The number of likely N-dealkylation sites (tertiary alicyclic amines) is 1. The molecule has 3 atom stereocenters. The predicted molar refractivity (Wildman–Crippen MR) is 134 cm³/mol. The van der Waals surface area contributed by atoms with Gasteiger partial charge in [-0.1, -0.05) is 13.0 Å². The third kappa shape index (κ3) is 3.68. The van der Waals surface area contributed by atoms with E-state index < -0.39 is 11.9 Å². The first kappa shape index (κ1) is 23.1. The van der Waals surface area contributed by atoms with Crippen molar-refractivity contribution in [3.63, 3.8) is 0 Å². The van der Waals surface area contributed by atoms with Crippen LogP contribution in [0.5, 0.6) is 0 Å². The highest BCUT2D eigenvalue weighted by atomic mass is 79.9. The van der Waals surface area contributed by atoms with Crippen LogP contribution in [0.15, 0.2) is 28.9 Å². The summed E-state index contributed by atoms with van der Waals surface area (Å²) in [5, 5.41) is 7.90. The van der Waals surface area contributed by atoms with E-state index in [1.54, 1.807) is 4.90 Å². The van der Waals surface area contributed by atoms with Gasteiger partial charge in [0, 0.05) is 11.4 Å². The number of aryl methyl sites for hydroxylation is 1. The van der Waals surface area contributed by atoms with Crippen molar-refractivity contribution in [3.05, 3.63) is 51.3 Å². The Bertz CT molecular complexity index is 1470. The molecule has 2 aliphatic heterocycles. The van der Waals surface area contributed by atoms with Crippen LogP contribution in [0.25, 0.3) is 10.9 Å². The number of halogens is 1. The molecule has 36 heavy (non-hydrogen) atoms. The number of nitrogens with two attached hydrogens (primary N) is 1. The summed E-state index contributed by atoms with van der Waals surface area (Å²) in [5.74, 6) is -0.677. The van der Waals surface area contributed by atoms with Gasteiger partial charge < -0.3 is 20.7 Å². The van der Waals surface area contributed by atoms with Crippen molar-refractivity contribution in [2.45, 2.75) is 58.5 Å². The molecule has 2 aromatic heterocycles. The number of amides is 3. The minimum absolute atomic E-state index is 0.00704. The van der Waals surface area contributed by atoms with Crippen LogP contribution in [-0.4, -0.2) is 49.5 Å². The molecular weight excluding hydrogens is 528 g/mol. The van der Waals surface area contributed by atoms with Crippen LogP contribution in [0.1, 0.15) is 46.9 Å². The molecule has 1 saturated carbocycles. The topological polar surface area (TPSA) is 132 Å². The molecule has 1 aliphatic carbocycles. The van der Waals surface area contributed by atoms with Gasteiger partial charge in [-0.05, 0) is 76.0 Å². The smallest absolute Gasteiger partial charge is 0.269 e. The summed E-state index contributed by atoms with van der Waals surface area (Å²) in [4.78, 5) is 45.1. The van der Waals surface area contributed by atoms with Gasteiger partial charge >= 0.3 is 0 Å².